The van der Waals surface area contributed by atoms with Crippen LogP contribution in [-0.2, 0) is 0 Å². The molecule has 0 radical (unpaired) electrons. The predicted octanol–water partition coefficient (Wildman–Crippen LogP) is 2.03. The van der Waals surface area contributed by atoms with Crippen molar-refractivity contribution in [1.29, 1.82) is 0 Å². The summed E-state index contributed by atoms with van der Waals surface area (Å²) in [4.78, 5) is 13.5. The molecule has 2 N–H and O–H groups in total. The lowest BCUT2D eigenvalue weighted by molar-refractivity contribution is 0.0692. The van der Waals surface area contributed by atoms with E-state index in [1.165, 1.54) is 6.07 Å². The molecule has 0 amide bonds. The second-order valence-electron chi connectivity index (χ2n) is 5.36. The number of rotatable bonds is 3. The maximum atomic E-state index is 13.6. The molecule has 0 aromatic heterocycles. The molecule has 3 aliphatic heterocycles. The van der Waals surface area contributed by atoms with Crippen molar-refractivity contribution in [1.82, 2.24) is 4.90 Å². The number of hydrogen-bond donors (Lipinski definition) is 2. The van der Waals surface area contributed by atoms with E-state index in [0.29, 0.717) is 11.6 Å². The molecule has 1 atom stereocenters. The van der Waals surface area contributed by atoms with E-state index in [9.17, 15) is 9.18 Å². The zero-order chi connectivity index (χ0) is 13.4. The van der Waals surface area contributed by atoms with Crippen LogP contribution in [0.5, 0.6) is 0 Å². The van der Waals surface area contributed by atoms with Gasteiger partial charge in [-0.2, -0.15) is 0 Å². The molecule has 3 aliphatic rings. The predicted molar refractivity (Wildman–Crippen MR) is 69.9 cm³/mol. The van der Waals surface area contributed by atoms with Crippen LogP contribution in [0.15, 0.2) is 18.2 Å². The first-order valence-electron chi connectivity index (χ1n) is 6.66. The van der Waals surface area contributed by atoms with E-state index >= 15 is 0 Å². The van der Waals surface area contributed by atoms with Gasteiger partial charge < -0.3 is 15.3 Å². The van der Waals surface area contributed by atoms with Crippen molar-refractivity contribution in [2.75, 3.05) is 25.0 Å². The standard InChI is InChI=1S/C14H17FN2O2/c15-10-2-1-3-11(13(10)14(18)19)16-12-8-17-6-4-9(12)5-7-17/h1-3,9,12,16H,4-8H2,(H,18,19). The highest BCUT2D eigenvalue weighted by Crippen LogP contribution is 2.31. The van der Waals surface area contributed by atoms with E-state index in [1.807, 2.05) is 0 Å². The normalized spacial score (nSPS) is 29.2. The summed E-state index contributed by atoms with van der Waals surface area (Å²) >= 11 is 0. The molecule has 1 aromatic carbocycles. The molecule has 2 bridgehead atoms. The molecule has 102 valence electrons. The van der Waals surface area contributed by atoms with Crippen molar-refractivity contribution in [3.8, 4) is 0 Å². The monoisotopic (exact) mass is 264 g/mol. The van der Waals surface area contributed by atoms with Crippen molar-refractivity contribution in [3.63, 3.8) is 0 Å². The van der Waals surface area contributed by atoms with Crippen molar-refractivity contribution < 1.29 is 14.3 Å². The van der Waals surface area contributed by atoms with Gasteiger partial charge in [-0.25, -0.2) is 9.18 Å². The minimum absolute atomic E-state index is 0.224. The topological polar surface area (TPSA) is 52.6 Å². The number of carbonyl (C=O) groups is 1. The fraction of sp³-hybridized carbons (Fsp3) is 0.500. The van der Waals surface area contributed by atoms with Gasteiger partial charge in [0.2, 0.25) is 0 Å². The number of anilines is 1. The second-order valence-corrected chi connectivity index (χ2v) is 5.36. The summed E-state index contributed by atoms with van der Waals surface area (Å²) in [6, 6.07) is 4.60. The molecule has 3 fully saturated rings. The molecule has 0 saturated carbocycles. The summed E-state index contributed by atoms with van der Waals surface area (Å²) in [7, 11) is 0. The van der Waals surface area contributed by atoms with Crippen molar-refractivity contribution in [3.05, 3.63) is 29.6 Å². The number of aromatic carboxylic acids is 1. The van der Waals surface area contributed by atoms with Crippen LogP contribution in [0.3, 0.4) is 0 Å². The smallest absolute Gasteiger partial charge is 0.340 e. The third-order valence-corrected chi connectivity index (χ3v) is 4.22. The number of halogens is 1. The summed E-state index contributed by atoms with van der Waals surface area (Å²) < 4.78 is 13.6. The van der Waals surface area contributed by atoms with Gasteiger partial charge in [-0.15, -0.1) is 0 Å². The van der Waals surface area contributed by atoms with E-state index in [1.54, 1.807) is 12.1 Å². The number of carboxylic acids is 1. The average molecular weight is 264 g/mol. The number of carboxylic acid groups (broad SMARTS) is 1. The lowest BCUT2D eigenvalue weighted by atomic mass is 9.84. The number of nitrogens with one attached hydrogen (secondary N) is 1. The number of piperidine rings is 3. The minimum atomic E-state index is -1.22. The Morgan fingerprint density at radius 2 is 2.11 bits per heavy atom. The summed E-state index contributed by atoms with van der Waals surface area (Å²) in [6.45, 7) is 3.16. The third-order valence-electron chi connectivity index (χ3n) is 4.22. The van der Waals surface area contributed by atoms with Crippen LogP contribution in [0.4, 0.5) is 10.1 Å². The lowest BCUT2D eigenvalue weighted by Crippen LogP contribution is -2.53. The van der Waals surface area contributed by atoms with Crippen LogP contribution in [0.1, 0.15) is 23.2 Å². The van der Waals surface area contributed by atoms with Crippen LogP contribution >= 0.6 is 0 Å². The summed E-state index contributed by atoms with van der Waals surface area (Å²) in [5, 5.41) is 12.4. The van der Waals surface area contributed by atoms with Gasteiger partial charge >= 0.3 is 5.97 Å². The Morgan fingerprint density at radius 3 is 2.68 bits per heavy atom. The average Bonchev–Trinajstić information content (AvgIpc) is 2.39. The van der Waals surface area contributed by atoms with Gasteiger partial charge in [0.05, 0.1) is 5.69 Å². The molecule has 19 heavy (non-hydrogen) atoms. The van der Waals surface area contributed by atoms with Gasteiger partial charge in [0, 0.05) is 12.6 Å². The van der Waals surface area contributed by atoms with Crippen LogP contribution in [0.25, 0.3) is 0 Å². The number of hydrogen-bond acceptors (Lipinski definition) is 3. The van der Waals surface area contributed by atoms with Gasteiger partial charge in [0.25, 0.3) is 0 Å². The van der Waals surface area contributed by atoms with Gasteiger partial charge in [-0.1, -0.05) is 6.07 Å². The molecule has 0 aliphatic carbocycles. The quantitative estimate of drug-likeness (QED) is 0.877. The van der Waals surface area contributed by atoms with Crippen molar-refractivity contribution >= 4 is 11.7 Å². The largest absolute Gasteiger partial charge is 0.478 e. The van der Waals surface area contributed by atoms with Crippen LogP contribution in [0.2, 0.25) is 0 Å². The van der Waals surface area contributed by atoms with E-state index in [4.69, 9.17) is 5.11 Å². The maximum absolute atomic E-state index is 13.6. The highest BCUT2D eigenvalue weighted by Gasteiger charge is 2.34. The highest BCUT2D eigenvalue weighted by atomic mass is 19.1. The van der Waals surface area contributed by atoms with Gasteiger partial charge in [-0.05, 0) is 44.0 Å². The highest BCUT2D eigenvalue weighted by molar-refractivity contribution is 5.94. The van der Waals surface area contributed by atoms with E-state index in [-0.39, 0.29) is 11.6 Å². The third kappa shape index (κ3) is 2.30. The molecular weight excluding hydrogens is 247 g/mol. The first-order valence-corrected chi connectivity index (χ1v) is 6.66. The molecular formula is C14H17FN2O2. The van der Waals surface area contributed by atoms with Crippen molar-refractivity contribution in [2.24, 2.45) is 5.92 Å². The Morgan fingerprint density at radius 1 is 1.37 bits per heavy atom. The van der Waals surface area contributed by atoms with E-state index < -0.39 is 11.8 Å². The van der Waals surface area contributed by atoms with Crippen LogP contribution < -0.4 is 5.32 Å². The van der Waals surface area contributed by atoms with Crippen molar-refractivity contribution in [2.45, 2.75) is 18.9 Å². The summed E-state index contributed by atoms with van der Waals surface area (Å²) in [5.41, 5.74) is 0.144. The summed E-state index contributed by atoms with van der Waals surface area (Å²) in [5.74, 6) is -1.34. The second kappa shape index (κ2) is 4.81. The Balaban J connectivity index is 1.84. The molecule has 4 nitrogen and oxygen atoms in total. The SMILES string of the molecule is O=C(O)c1c(F)cccc1NC1CN2CCC1CC2. The Hall–Kier alpha value is -1.62. The van der Waals surface area contributed by atoms with E-state index in [0.717, 1.165) is 32.5 Å². The van der Waals surface area contributed by atoms with Gasteiger partial charge in [-0.3, -0.25) is 0 Å². The molecule has 4 rings (SSSR count). The summed E-state index contributed by atoms with van der Waals surface area (Å²) in [6.07, 6.45) is 2.27. The first kappa shape index (κ1) is 12.4. The fourth-order valence-electron chi connectivity index (χ4n) is 3.19. The van der Waals surface area contributed by atoms with Crippen LogP contribution in [-0.4, -0.2) is 41.7 Å². The molecule has 3 heterocycles. The molecule has 3 saturated heterocycles. The van der Waals surface area contributed by atoms with Gasteiger partial charge in [0.1, 0.15) is 11.4 Å². The van der Waals surface area contributed by atoms with Crippen LogP contribution in [0, 0.1) is 11.7 Å². The molecule has 0 spiro atoms. The number of benzene rings is 1. The lowest BCUT2D eigenvalue weighted by Gasteiger charge is -2.45. The Kier molecular flexibility index (Phi) is 3.14. The zero-order valence-electron chi connectivity index (χ0n) is 10.6. The number of nitrogens with zero attached hydrogens (tertiary/aromatic N) is 1. The molecule has 5 heteroatoms. The van der Waals surface area contributed by atoms with E-state index in [2.05, 4.69) is 10.2 Å². The first-order chi connectivity index (χ1) is 9.15. The maximum Gasteiger partial charge on any atom is 0.340 e. The molecule has 1 unspecified atom stereocenters. The minimum Gasteiger partial charge on any atom is -0.478 e. The molecule has 1 aromatic rings. The Bertz CT molecular complexity index is 498. The Labute approximate surface area is 111 Å². The fourth-order valence-corrected chi connectivity index (χ4v) is 3.19. The van der Waals surface area contributed by atoms with Gasteiger partial charge in [0.15, 0.2) is 0 Å². The number of fused-ring (bicyclic) bond motifs is 3. The zero-order valence-corrected chi connectivity index (χ0v) is 10.6.